The van der Waals surface area contributed by atoms with Gasteiger partial charge in [0, 0.05) is 29.0 Å². The molecule has 0 atom stereocenters. The SMILES string of the molecule is C=CCCC(=O)OCC#CI. The van der Waals surface area contributed by atoms with Crippen molar-refractivity contribution in [3.05, 3.63) is 12.7 Å². The molecule has 3 heteroatoms. The Labute approximate surface area is 80.1 Å². The fraction of sp³-hybridized carbons (Fsp3) is 0.375. The number of ether oxygens (including phenoxy) is 1. The van der Waals surface area contributed by atoms with Gasteiger partial charge in [0.15, 0.2) is 6.61 Å². The summed E-state index contributed by atoms with van der Waals surface area (Å²) < 4.78 is 7.32. The predicted octanol–water partition coefficient (Wildman–Crippen LogP) is 1.89. The molecule has 0 fully saturated rings. The van der Waals surface area contributed by atoms with E-state index in [4.69, 9.17) is 4.74 Å². The Balaban J connectivity index is 3.34. The normalized spacial score (nSPS) is 7.73. The van der Waals surface area contributed by atoms with Gasteiger partial charge in [-0.2, -0.15) is 0 Å². The van der Waals surface area contributed by atoms with Crippen molar-refractivity contribution in [3.8, 4) is 9.85 Å². The highest BCUT2D eigenvalue weighted by Crippen LogP contribution is 1.92. The average molecular weight is 264 g/mol. The van der Waals surface area contributed by atoms with Crippen LogP contribution in [0.1, 0.15) is 12.8 Å². The Morgan fingerprint density at radius 1 is 1.73 bits per heavy atom. The molecule has 0 rings (SSSR count). The number of carbonyl (C=O) groups is 1. The standard InChI is InChI=1S/C8H9IO2/c1-2-3-5-8(10)11-7-4-6-9/h2H,1,3,5,7H2. The monoisotopic (exact) mass is 264 g/mol. The van der Waals surface area contributed by atoms with Crippen molar-refractivity contribution in [1.82, 2.24) is 0 Å². The van der Waals surface area contributed by atoms with Gasteiger partial charge in [-0.15, -0.1) is 6.58 Å². The Kier molecular flexibility index (Phi) is 7.26. The van der Waals surface area contributed by atoms with E-state index < -0.39 is 0 Å². The molecule has 11 heavy (non-hydrogen) atoms. The first-order valence-electron chi connectivity index (χ1n) is 3.16. The Hall–Kier alpha value is -0.500. The third-order valence-corrected chi connectivity index (χ3v) is 1.31. The Bertz CT molecular complexity index is 188. The van der Waals surface area contributed by atoms with Crippen molar-refractivity contribution >= 4 is 28.6 Å². The van der Waals surface area contributed by atoms with Gasteiger partial charge in [-0.05, 0) is 10.3 Å². The van der Waals surface area contributed by atoms with Gasteiger partial charge in [0.2, 0.25) is 0 Å². The van der Waals surface area contributed by atoms with Crippen molar-refractivity contribution < 1.29 is 9.53 Å². The van der Waals surface area contributed by atoms with Crippen LogP contribution in [0.15, 0.2) is 12.7 Å². The molecule has 0 aliphatic heterocycles. The number of hydrogen-bond donors (Lipinski definition) is 0. The van der Waals surface area contributed by atoms with Crippen LogP contribution in [0.5, 0.6) is 0 Å². The van der Waals surface area contributed by atoms with E-state index in [1.165, 1.54) is 0 Å². The van der Waals surface area contributed by atoms with Gasteiger partial charge in [-0.25, -0.2) is 0 Å². The third kappa shape index (κ3) is 7.40. The third-order valence-electron chi connectivity index (χ3n) is 0.925. The lowest BCUT2D eigenvalue weighted by molar-refractivity contribution is -0.142. The number of allylic oxidation sites excluding steroid dienone is 1. The van der Waals surface area contributed by atoms with Gasteiger partial charge in [0.05, 0.1) is 0 Å². The van der Waals surface area contributed by atoms with Crippen LogP contribution in [0.3, 0.4) is 0 Å². The van der Waals surface area contributed by atoms with Gasteiger partial charge in [-0.1, -0.05) is 12.0 Å². The van der Waals surface area contributed by atoms with Crippen molar-refractivity contribution in [2.24, 2.45) is 0 Å². The Morgan fingerprint density at radius 2 is 2.45 bits per heavy atom. The maximum absolute atomic E-state index is 10.7. The summed E-state index contributed by atoms with van der Waals surface area (Å²) in [7, 11) is 0. The van der Waals surface area contributed by atoms with E-state index in [1.807, 2.05) is 22.6 Å². The summed E-state index contributed by atoms with van der Waals surface area (Å²) in [5, 5.41) is 0. The lowest BCUT2D eigenvalue weighted by atomic mass is 10.3. The first-order chi connectivity index (χ1) is 5.31. The van der Waals surface area contributed by atoms with E-state index in [1.54, 1.807) is 6.08 Å². The molecule has 60 valence electrons. The van der Waals surface area contributed by atoms with Crippen LogP contribution in [0, 0.1) is 9.85 Å². The molecular weight excluding hydrogens is 255 g/mol. The summed E-state index contributed by atoms with van der Waals surface area (Å²) >= 11 is 1.89. The van der Waals surface area contributed by atoms with Crippen molar-refractivity contribution in [2.45, 2.75) is 12.8 Å². The number of rotatable bonds is 4. The largest absolute Gasteiger partial charge is 0.452 e. The number of carbonyl (C=O) groups excluding carboxylic acids is 1. The summed E-state index contributed by atoms with van der Waals surface area (Å²) in [6.45, 7) is 3.69. The molecular formula is C8H9IO2. The molecule has 2 nitrogen and oxygen atoms in total. The van der Waals surface area contributed by atoms with Gasteiger partial charge < -0.3 is 4.74 Å². The van der Waals surface area contributed by atoms with Crippen LogP contribution in [-0.4, -0.2) is 12.6 Å². The topological polar surface area (TPSA) is 26.3 Å². The smallest absolute Gasteiger partial charge is 0.307 e. The summed E-state index contributed by atoms with van der Waals surface area (Å²) in [5.74, 6) is 2.40. The molecule has 0 aromatic rings. The second-order valence-electron chi connectivity index (χ2n) is 1.76. The molecule has 0 spiro atoms. The van der Waals surface area contributed by atoms with E-state index in [-0.39, 0.29) is 12.6 Å². The molecule has 0 radical (unpaired) electrons. The molecule has 0 aliphatic carbocycles. The maximum atomic E-state index is 10.7. The molecule has 0 bridgehead atoms. The molecule has 0 aromatic carbocycles. The van der Waals surface area contributed by atoms with Crippen LogP contribution >= 0.6 is 22.6 Å². The van der Waals surface area contributed by atoms with Crippen molar-refractivity contribution in [1.29, 1.82) is 0 Å². The zero-order valence-electron chi connectivity index (χ0n) is 6.10. The second kappa shape index (κ2) is 7.61. The molecule has 0 aromatic heterocycles. The highest BCUT2D eigenvalue weighted by molar-refractivity contribution is 14.1. The molecule has 0 saturated carbocycles. The summed E-state index contributed by atoms with van der Waals surface area (Å²) in [4.78, 5) is 10.7. The minimum atomic E-state index is -0.218. The number of halogens is 1. The minimum Gasteiger partial charge on any atom is -0.452 e. The molecule has 0 unspecified atom stereocenters. The highest BCUT2D eigenvalue weighted by atomic mass is 127. The predicted molar refractivity (Wildman–Crippen MR) is 52.2 cm³/mol. The zero-order valence-corrected chi connectivity index (χ0v) is 8.26. The molecule has 0 N–H and O–H groups in total. The summed E-state index contributed by atoms with van der Waals surface area (Å²) in [5.41, 5.74) is 0. The lowest BCUT2D eigenvalue weighted by Crippen LogP contribution is -2.03. The molecule has 0 aliphatic rings. The summed E-state index contributed by atoms with van der Waals surface area (Å²) in [6.07, 6.45) is 2.74. The average Bonchev–Trinajstić information content (AvgIpc) is 2.01. The number of esters is 1. The van der Waals surface area contributed by atoms with Gasteiger partial charge in [-0.3, -0.25) is 4.79 Å². The first-order valence-corrected chi connectivity index (χ1v) is 4.24. The number of hydrogen-bond acceptors (Lipinski definition) is 2. The van der Waals surface area contributed by atoms with Gasteiger partial charge >= 0.3 is 5.97 Å². The van der Waals surface area contributed by atoms with E-state index >= 15 is 0 Å². The Morgan fingerprint density at radius 3 is 3.00 bits per heavy atom. The van der Waals surface area contributed by atoms with Gasteiger partial charge in [0.1, 0.15) is 0 Å². The van der Waals surface area contributed by atoms with Crippen LogP contribution in [-0.2, 0) is 9.53 Å². The van der Waals surface area contributed by atoms with Crippen LogP contribution in [0.4, 0.5) is 0 Å². The maximum Gasteiger partial charge on any atom is 0.307 e. The summed E-state index contributed by atoms with van der Waals surface area (Å²) in [6, 6.07) is 0. The van der Waals surface area contributed by atoms with E-state index in [2.05, 4.69) is 16.4 Å². The van der Waals surface area contributed by atoms with Crippen LogP contribution in [0.25, 0.3) is 0 Å². The first kappa shape index (κ1) is 10.5. The fourth-order valence-electron chi connectivity index (χ4n) is 0.436. The van der Waals surface area contributed by atoms with E-state index in [0.29, 0.717) is 12.8 Å². The second-order valence-corrected chi connectivity index (χ2v) is 2.30. The lowest BCUT2D eigenvalue weighted by Gasteiger charge is -1.96. The van der Waals surface area contributed by atoms with E-state index in [0.717, 1.165) is 0 Å². The van der Waals surface area contributed by atoms with Crippen molar-refractivity contribution in [3.63, 3.8) is 0 Å². The fourth-order valence-corrected chi connectivity index (χ4v) is 0.592. The van der Waals surface area contributed by atoms with Crippen LogP contribution in [0.2, 0.25) is 0 Å². The molecule has 0 saturated heterocycles. The minimum absolute atomic E-state index is 0.193. The zero-order chi connectivity index (χ0) is 8.53. The highest BCUT2D eigenvalue weighted by Gasteiger charge is 1.97. The van der Waals surface area contributed by atoms with E-state index in [9.17, 15) is 4.79 Å². The van der Waals surface area contributed by atoms with Gasteiger partial charge in [0.25, 0.3) is 0 Å². The molecule has 0 amide bonds. The quantitative estimate of drug-likeness (QED) is 0.335. The van der Waals surface area contributed by atoms with Crippen molar-refractivity contribution in [2.75, 3.05) is 6.61 Å². The molecule has 0 heterocycles. The van der Waals surface area contributed by atoms with Crippen LogP contribution < -0.4 is 0 Å².